The number of benzene rings is 1. The molecule has 2 aliphatic heterocycles. The Hall–Kier alpha value is -2.28. The molecule has 0 radical (unpaired) electrons. The molecule has 0 saturated carbocycles. The second-order valence-electron chi connectivity index (χ2n) is 10.6. The van der Waals surface area contributed by atoms with E-state index < -0.39 is 5.60 Å². The van der Waals surface area contributed by atoms with Gasteiger partial charge in [-0.1, -0.05) is 19.1 Å². The second kappa shape index (κ2) is 9.30. The number of amides is 1. The zero-order valence-electron chi connectivity index (χ0n) is 20.0. The van der Waals surface area contributed by atoms with E-state index in [9.17, 15) is 9.59 Å². The van der Waals surface area contributed by atoms with Crippen LogP contribution < -0.4 is 5.69 Å². The maximum atomic E-state index is 12.5. The molecule has 0 spiro atoms. The minimum Gasteiger partial charge on any atom is -0.444 e. The number of nitrogens with one attached hydrogen (secondary N) is 1. The van der Waals surface area contributed by atoms with E-state index in [2.05, 4.69) is 16.8 Å². The van der Waals surface area contributed by atoms with Crippen LogP contribution in [0.2, 0.25) is 0 Å². The van der Waals surface area contributed by atoms with Crippen LogP contribution in [0.5, 0.6) is 0 Å². The lowest BCUT2D eigenvalue weighted by atomic mass is 9.85. The molecule has 4 rings (SSSR count). The molecular formula is C25H38N4O3. The van der Waals surface area contributed by atoms with Gasteiger partial charge in [0.15, 0.2) is 0 Å². The van der Waals surface area contributed by atoms with Crippen molar-refractivity contribution in [3.05, 3.63) is 34.7 Å². The van der Waals surface area contributed by atoms with Crippen molar-refractivity contribution in [3.63, 3.8) is 0 Å². The van der Waals surface area contributed by atoms with E-state index >= 15 is 0 Å². The summed E-state index contributed by atoms with van der Waals surface area (Å²) >= 11 is 0. The Labute approximate surface area is 190 Å². The van der Waals surface area contributed by atoms with Crippen molar-refractivity contribution in [3.8, 4) is 0 Å². The van der Waals surface area contributed by atoms with Crippen molar-refractivity contribution in [1.29, 1.82) is 0 Å². The van der Waals surface area contributed by atoms with Gasteiger partial charge in [0.25, 0.3) is 0 Å². The summed E-state index contributed by atoms with van der Waals surface area (Å²) in [6.45, 7) is 12.8. The smallest absolute Gasteiger partial charge is 0.410 e. The molecule has 2 saturated heterocycles. The molecule has 176 valence electrons. The molecular weight excluding hydrogens is 404 g/mol. The first kappa shape index (κ1) is 22.9. The zero-order valence-corrected chi connectivity index (χ0v) is 20.0. The van der Waals surface area contributed by atoms with Gasteiger partial charge in [-0.25, -0.2) is 9.59 Å². The van der Waals surface area contributed by atoms with Gasteiger partial charge in [-0.05, 0) is 70.4 Å². The fourth-order valence-corrected chi connectivity index (χ4v) is 5.33. The predicted octanol–water partition coefficient (Wildman–Crippen LogP) is 4.25. The number of aromatic amines is 1. The van der Waals surface area contributed by atoms with Crippen molar-refractivity contribution < 1.29 is 9.53 Å². The number of imidazole rings is 1. The van der Waals surface area contributed by atoms with Gasteiger partial charge < -0.3 is 19.5 Å². The fourth-order valence-electron chi connectivity index (χ4n) is 5.33. The van der Waals surface area contributed by atoms with Gasteiger partial charge in [0.05, 0.1) is 11.0 Å². The first-order valence-electron chi connectivity index (χ1n) is 12.1. The molecule has 7 heteroatoms. The number of nitrogens with zero attached hydrogens (tertiary/aromatic N) is 3. The van der Waals surface area contributed by atoms with Crippen molar-refractivity contribution in [2.45, 2.75) is 65.0 Å². The van der Waals surface area contributed by atoms with Crippen LogP contribution in [0.4, 0.5) is 4.79 Å². The normalized spacial score (nSPS) is 20.6. The number of para-hydroxylation sites is 2. The minimum atomic E-state index is -0.439. The lowest BCUT2D eigenvalue weighted by Gasteiger charge is -2.39. The highest BCUT2D eigenvalue weighted by molar-refractivity contribution is 5.75. The number of carbonyl (C=O) groups is 1. The van der Waals surface area contributed by atoms with Crippen LogP contribution in [0.1, 0.15) is 59.4 Å². The number of rotatable bonds is 4. The molecule has 1 aromatic carbocycles. The molecule has 3 heterocycles. The molecule has 2 fully saturated rings. The summed E-state index contributed by atoms with van der Waals surface area (Å²) in [6.07, 6.45) is 3.92. The Balaban J connectivity index is 1.25. The highest BCUT2D eigenvalue weighted by Gasteiger charge is 2.31. The Kier molecular flexibility index (Phi) is 6.65. The van der Waals surface area contributed by atoms with Gasteiger partial charge in [0.2, 0.25) is 0 Å². The number of hydrogen-bond acceptors (Lipinski definition) is 4. The average Bonchev–Trinajstić information content (AvgIpc) is 3.09. The lowest BCUT2D eigenvalue weighted by molar-refractivity contribution is 0.0150. The Bertz CT molecular complexity index is 973. The summed E-state index contributed by atoms with van der Waals surface area (Å²) in [4.78, 5) is 32.2. The van der Waals surface area contributed by atoms with Crippen LogP contribution in [0.25, 0.3) is 11.0 Å². The predicted molar refractivity (Wildman–Crippen MR) is 127 cm³/mol. The summed E-state index contributed by atoms with van der Waals surface area (Å²) in [7, 11) is 0. The van der Waals surface area contributed by atoms with Crippen molar-refractivity contribution >= 4 is 17.1 Å². The summed E-state index contributed by atoms with van der Waals surface area (Å²) in [6, 6.07) is 8.23. The molecule has 2 aromatic rings. The molecule has 1 aromatic heterocycles. The summed E-state index contributed by atoms with van der Waals surface area (Å²) in [5.41, 5.74) is 1.51. The molecule has 2 aliphatic rings. The SMILES string of the molecule is CC(CN1CCC(n2c(=O)[nH]c3ccccc32)CC1)C1CCN(C(=O)OC(C)(C)C)CC1. The first-order valence-corrected chi connectivity index (χ1v) is 12.1. The monoisotopic (exact) mass is 442 g/mol. The van der Waals surface area contributed by atoms with Crippen LogP contribution in [0.15, 0.2) is 29.1 Å². The van der Waals surface area contributed by atoms with E-state index in [0.29, 0.717) is 11.8 Å². The quantitative estimate of drug-likeness (QED) is 0.768. The number of fused-ring (bicyclic) bond motifs is 1. The van der Waals surface area contributed by atoms with Crippen LogP contribution in [0, 0.1) is 11.8 Å². The molecule has 1 unspecified atom stereocenters. The van der Waals surface area contributed by atoms with Gasteiger partial charge in [0, 0.05) is 38.8 Å². The number of hydrogen-bond donors (Lipinski definition) is 1. The highest BCUT2D eigenvalue weighted by atomic mass is 16.6. The molecule has 1 N–H and O–H groups in total. The van der Waals surface area contributed by atoms with E-state index in [4.69, 9.17) is 4.74 Å². The van der Waals surface area contributed by atoms with E-state index in [1.54, 1.807) is 0 Å². The van der Waals surface area contributed by atoms with Gasteiger partial charge in [-0.2, -0.15) is 0 Å². The topological polar surface area (TPSA) is 70.6 Å². The number of aromatic nitrogens is 2. The van der Waals surface area contributed by atoms with Crippen molar-refractivity contribution in [2.24, 2.45) is 11.8 Å². The van der Waals surface area contributed by atoms with Crippen LogP contribution in [-0.2, 0) is 4.74 Å². The molecule has 0 aliphatic carbocycles. The van der Waals surface area contributed by atoms with Crippen molar-refractivity contribution in [2.75, 3.05) is 32.7 Å². The third-order valence-electron chi connectivity index (χ3n) is 7.09. The number of carbonyl (C=O) groups excluding carboxylic acids is 1. The Morgan fingerprint density at radius 1 is 1.09 bits per heavy atom. The van der Waals surface area contributed by atoms with E-state index in [-0.39, 0.29) is 17.8 Å². The van der Waals surface area contributed by atoms with Gasteiger partial charge in [-0.3, -0.25) is 4.57 Å². The van der Waals surface area contributed by atoms with E-state index in [1.807, 2.05) is 54.5 Å². The van der Waals surface area contributed by atoms with Gasteiger partial charge in [0.1, 0.15) is 5.60 Å². The standard InChI is InChI=1S/C25H38N4O3/c1-18(19-9-15-28(16-10-19)24(31)32-25(2,3)4)17-27-13-11-20(12-14-27)29-22-8-6-5-7-21(22)26-23(29)30/h5-8,18-20H,9-17H2,1-4H3,(H,26,30). The third-order valence-corrected chi connectivity index (χ3v) is 7.09. The summed E-state index contributed by atoms with van der Waals surface area (Å²) in [5.74, 6) is 1.24. The zero-order chi connectivity index (χ0) is 22.9. The lowest BCUT2D eigenvalue weighted by Crippen LogP contribution is -2.44. The van der Waals surface area contributed by atoms with E-state index in [1.165, 1.54) is 0 Å². The maximum Gasteiger partial charge on any atom is 0.410 e. The summed E-state index contributed by atoms with van der Waals surface area (Å²) < 4.78 is 7.48. The Morgan fingerprint density at radius 3 is 2.41 bits per heavy atom. The van der Waals surface area contributed by atoms with Gasteiger partial charge in [-0.15, -0.1) is 0 Å². The second-order valence-corrected chi connectivity index (χ2v) is 10.6. The number of piperidine rings is 2. The van der Waals surface area contributed by atoms with Crippen LogP contribution in [0.3, 0.4) is 0 Å². The summed E-state index contributed by atoms with van der Waals surface area (Å²) in [5, 5.41) is 0. The molecule has 7 nitrogen and oxygen atoms in total. The average molecular weight is 443 g/mol. The van der Waals surface area contributed by atoms with Gasteiger partial charge >= 0.3 is 11.8 Å². The van der Waals surface area contributed by atoms with Crippen LogP contribution in [-0.4, -0.2) is 63.8 Å². The number of likely N-dealkylation sites (tertiary alicyclic amines) is 2. The maximum absolute atomic E-state index is 12.5. The molecule has 1 atom stereocenters. The fraction of sp³-hybridized carbons (Fsp3) is 0.680. The number of H-pyrrole nitrogens is 1. The first-order chi connectivity index (χ1) is 15.2. The minimum absolute atomic E-state index is 0.00904. The molecule has 1 amide bonds. The molecule has 32 heavy (non-hydrogen) atoms. The highest BCUT2D eigenvalue weighted by Crippen LogP contribution is 2.29. The largest absolute Gasteiger partial charge is 0.444 e. The van der Waals surface area contributed by atoms with E-state index in [0.717, 1.165) is 69.4 Å². The Morgan fingerprint density at radius 2 is 1.75 bits per heavy atom. The third kappa shape index (κ3) is 5.20. The number of ether oxygens (including phenoxy) is 1. The molecule has 0 bridgehead atoms. The van der Waals surface area contributed by atoms with Crippen molar-refractivity contribution in [1.82, 2.24) is 19.4 Å². The van der Waals surface area contributed by atoms with Crippen LogP contribution >= 0.6 is 0 Å².